The molecule has 14 nitrogen and oxygen atoms in total. The number of amides is 4. The van der Waals surface area contributed by atoms with Crippen molar-refractivity contribution < 1.29 is 33.8 Å². The molecule has 1 aliphatic heterocycles. The van der Waals surface area contributed by atoms with Crippen LogP contribution in [0.5, 0.6) is 0 Å². The Bertz CT molecular complexity index is 1700. The fraction of sp³-hybridized carbons (Fsp3) is 0.395. The van der Waals surface area contributed by atoms with Gasteiger partial charge in [-0.15, -0.1) is 0 Å². The third-order valence-electron chi connectivity index (χ3n) is 9.02. The Morgan fingerprint density at radius 1 is 0.865 bits per heavy atom. The van der Waals surface area contributed by atoms with Crippen molar-refractivity contribution in [3.8, 4) is 0 Å². The first-order valence-electron chi connectivity index (χ1n) is 16.9. The zero-order chi connectivity index (χ0) is 38.5. The molecule has 0 saturated carbocycles. The predicted molar refractivity (Wildman–Crippen MR) is 191 cm³/mol. The Morgan fingerprint density at radius 3 is 1.96 bits per heavy atom. The molecular weight excluding hydrogens is 666 g/mol. The molecule has 1 aliphatic rings. The number of primary amides is 2. The average Bonchev–Trinajstić information content (AvgIpc) is 3.57. The molecule has 0 unspecified atom stereocenters. The van der Waals surface area contributed by atoms with Crippen LogP contribution in [0, 0.1) is 10.8 Å². The zero-order valence-electron chi connectivity index (χ0n) is 29.7. The second-order valence-electron chi connectivity index (χ2n) is 13.7. The van der Waals surface area contributed by atoms with Crippen LogP contribution < -0.4 is 22.1 Å². The van der Waals surface area contributed by atoms with E-state index in [1.165, 1.54) is 24.3 Å². The normalized spacial score (nSPS) is 17.3. The smallest absolute Gasteiger partial charge is 0.338 e. The molecule has 7 N–H and O–H groups in total. The third-order valence-corrected chi connectivity index (χ3v) is 9.02. The summed E-state index contributed by atoms with van der Waals surface area (Å²) < 4.78 is 5.34. The molecular formula is C38H47N7O7. The molecule has 1 saturated heterocycles. The van der Waals surface area contributed by atoms with E-state index in [4.69, 9.17) is 27.0 Å². The fourth-order valence-corrected chi connectivity index (χ4v) is 6.56. The molecule has 52 heavy (non-hydrogen) atoms. The number of nitrogens with two attached hydrogens (primary N) is 2. The summed E-state index contributed by atoms with van der Waals surface area (Å²) in [6.45, 7) is 6.65. The molecule has 14 heteroatoms. The number of hydrogen-bond donors (Lipinski definition) is 5. The van der Waals surface area contributed by atoms with Crippen molar-refractivity contribution in [2.24, 2.45) is 11.5 Å². The highest BCUT2D eigenvalue weighted by Gasteiger charge is 2.51. The first-order valence-corrected chi connectivity index (χ1v) is 16.9. The number of carbonyl (C=O) groups excluding carboxylic acids is 5. The van der Waals surface area contributed by atoms with Gasteiger partial charge in [-0.2, -0.15) is 0 Å². The van der Waals surface area contributed by atoms with Crippen molar-refractivity contribution in [1.29, 1.82) is 10.8 Å². The first kappa shape index (κ1) is 40.8. The minimum atomic E-state index is -1.39. The number of rotatable bonds is 15. The summed E-state index contributed by atoms with van der Waals surface area (Å²) in [6, 6.07) is 21.7. The van der Waals surface area contributed by atoms with Crippen LogP contribution in [0.4, 0.5) is 0 Å². The number of aliphatic hydroxyl groups is 1. The lowest BCUT2D eigenvalue weighted by Gasteiger charge is -2.46. The molecule has 0 aromatic heterocycles. The molecule has 0 radical (unpaired) electrons. The summed E-state index contributed by atoms with van der Waals surface area (Å²) in [4.78, 5) is 66.6. The predicted octanol–water partition coefficient (Wildman–Crippen LogP) is 2.64. The summed E-state index contributed by atoms with van der Waals surface area (Å²) in [7, 11) is 0. The maximum absolute atomic E-state index is 13.7. The maximum atomic E-state index is 13.7. The van der Waals surface area contributed by atoms with Gasteiger partial charge in [-0.1, -0.05) is 60.7 Å². The van der Waals surface area contributed by atoms with E-state index in [0.29, 0.717) is 19.4 Å². The van der Waals surface area contributed by atoms with E-state index in [0.717, 1.165) is 11.1 Å². The standard InChI is InChI=1S/C38H47N5O7.N2/c1-37(2,3)43-20-10-19-38(43,36(40)49)23-31(44)29(21-25-11-6-4-7-12-25)41-34(47)30(22-32(39)45)42-33(46)27-15-17-28(18-16-27)35(48)50-24-26-13-8-5-9-14-26;1-2/h4-9,11-18,29-31,44H,10,19-24H2,1-3H3,(H2,39,45)(H2,40,49)(H,41,47)(H,42,46);/t29-,30-,31+,38+;/m0./s1. The van der Waals surface area contributed by atoms with E-state index < -0.39 is 65.3 Å². The number of likely N-dealkylation sites (tertiary alicyclic amines) is 1. The van der Waals surface area contributed by atoms with Crippen LogP contribution in [-0.4, -0.2) is 75.4 Å². The van der Waals surface area contributed by atoms with Crippen LogP contribution in [-0.2, 0) is 32.1 Å². The molecule has 0 aliphatic carbocycles. The molecule has 4 atom stereocenters. The average molecular weight is 714 g/mol. The summed E-state index contributed by atoms with van der Waals surface area (Å²) in [6.07, 6.45) is -0.425. The van der Waals surface area contributed by atoms with Gasteiger partial charge in [-0.25, -0.2) is 4.79 Å². The van der Waals surface area contributed by atoms with Crippen LogP contribution in [0.25, 0.3) is 0 Å². The second kappa shape index (κ2) is 18.5. The van der Waals surface area contributed by atoms with Crippen molar-refractivity contribution >= 4 is 29.6 Å². The molecule has 3 aromatic rings. The number of nitrogens with one attached hydrogen (secondary N) is 2. The van der Waals surface area contributed by atoms with Gasteiger partial charge in [0.15, 0.2) is 0 Å². The second-order valence-corrected chi connectivity index (χ2v) is 13.7. The maximum Gasteiger partial charge on any atom is 0.338 e. The van der Waals surface area contributed by atoms with E-state index in [1.807, 2.05) is 86.3 Å². The number of esters is 1. The van der Waals surface area contributed by atoms with Gasteiger partial charge in [-0.3, -0.25) is 24.1 Å². The van der Waals surface area contributed by atoms with Gasteiger partial charge in [0.05, 0.1) is 24.1 Å². The lowest BCUT2D eigenvalue weighted by Crippen LogP contribution is -2.63. The van der Waals surface area contributed by atoms with Crippen LogP contribution in [0.1, 0.15) is 78.3 Å². The molecule has 3 aromatic carbocycles. The Labute approximate surface area is 303 Å². The monoisotopic (exact) mass is 713 g/mol. The van der Waals surface area contributed by atoms with E-state index in [-0.39, 0.29) is 30.6 Å². The van der Waals surface area contributed by atoms with Crippen molar-refractivity contribution in [3.63, 3.8) is 0 Å². The molecule has 0 bridgehead atoms. The number of benzene rings is 3. The minimum Gasteiger partial charge on any atom is -0.457 e. The fourth-order valence-electron chi connectivity index (χ4n) is 6.56. The number of ether oxygens (including phenoxy) is 1. The van der Waals surface area contributed by atoms with Gasteiger partial charge in [0.25, 0.3) is 5.91 Å². The molecule has 1 heterocycles. The molecule has 276 valence electrons. The highest BCUT2D eigenvalue weighted by molar-refractivity contribution is 5.99. The highest BCUT2D eigenvalue weighted by Crippen LogP contribution is 2.39. The van der Waals surface area contributed by atoms with Crippen molar-refractivity contribution in [2.45, 2.75) is 88.7 Å². The third kappa shape index (κ3) is 10.9. The van der Waals surface area contributed by atoms with Gasteiger partial charge in [-0.05, 0) is 82.0 Å². The minimum absolute atomic E-state index is 0.0373. The number of aliphatic hydroxyl groups excluding tert-OH is 1. The van der Waals surface area contributed by atoms with Crippen LogP contribution >= 0.6 is 0 Å². The van der Waals surface area contributed by atoms with Gasteiger partial charge in [0.2, 0.25) is 17.7 Å². The number of carbonyl (C=O) groups is 5. The van der Waals surface area contributed by atoms with Gasteiger partial charge < -0.3 is 31.9 Å². The largest absolute Gasteiger partial charge is 0.457 e. The van der Waals surface area contributed by atoms with Crippen molar-refractivity contribution in [1.82, 2.24) is 15.5 Å². The van der Waals surface area contributed by atoms with Gasteiger partial charge in [0, 0.05) is 28.3 Å². The quantitative estimate of drug-likeness (QED) is 0.114. The van der Waals surface area contributed by atoms with E-state index in [2.05, 4.69) is 10.6 Å². The van der Waals surface area contributed by atoms with Crippen LogP contribution in [0.2, 0.25) is 0 Å². The van der Waals surface area contributed by atoms with Crippen LogP contribution in [0.3, 0.4) is 0 Å². The number of hydrogen-bond acceptors (Lipinski definition) is 10. The van der Waals surface area contributed by atoms with Gasteiger partial charge >= 0.3 is 5.97 Å². The Morgan fingerprint density at radius 2 is 1.42 bits per heavy atom. The lowest BCUT2D eigenvalue weighted by atomic mass is 9.82. The topological polar surface area (TPSA) is 242 Å². The highest BCUT2D eigenvalue weighted by atomic mass is 16.5. The van der Waals surface area contributed by atoms with Gasteiger partial charge in [0.1, 0.15) is 18.2 Å². The molecule has 1 fully saturated rings. The first-order chi connectivity index (χ1) is 24.7. The SMILES string of the molecule is CC(C)(C)N1CCC[C@@]1(C[C@@H](O)[C@H](Cc1ccccc1)NC(=O)[C@H](CC(N)=O)NC(=O)c1ccc(C(=O)OCc2ccccc2)cc1)C(N)=O.N#N. The summed E-state index contributed by atoms with van der Waals surface area (Å²) in [5, 5.41) is 29.1. The molecule has 4 amide bonds. The van der Waals surface area contributed by atoms with Crippen molar-refractivity contribution in [2.75, 3.05) is 6.54 Å². The summed E-state index contributed by atoms with van der Waals surface area (Å²) in [5.74, 6) is -3.39. The summed E-state index contributed by atoms with van der Waals surface area (Å²) >= 11 is 0. The molecule has 0 spiro atoms. The zero-order valence-corrected chi connectivity index (χ0v) is 29.7. The Kier molecular flexibility index (Phi) is 14.5. The molecule has 4 rings (SSSR count). The van der Waals surface area contributed by atoms with E-state index in [1.54, 1.807) is 0 Å². The summed E-state index contributed by atoms with van der Waals surface area (Å²) in [5.41, 5.74) is 11.9. The Balaban J connectivity index is 0.00000358. The van der Waals surface area contributed by atoms with Crippen molar-refractivity contribution in [3.05, 3.63) is 107 Å². The van der Waals surface area contributed by atoms with E-state index >= 15 is 0 Å². The van der Waals surface area contributed by atoms with Crippen LogP contribution in [0.15, 0.2) is 84.9 Å². The number of nitrogens with zero attached hydrogens (tertiary/aromatic N) is 3. The lowest BCUT2D eigenvalue weighted by molar-refractivity contribution is -0.135. The van der Waals surface area contributed by atoms with E-state index in [9.17, 15) is 29.1 Å². The Hall–Kier alpha value is -5.65.